The number of nitrogens with one attached hydrogen (secondary N) is 1. The number of amides is 2. The molecule has 1 aromatic carbocycles. The molecule has 3 atom stereocenters. The van der Waals surface area contributed by atoms with Crippen molar-refractivity contribution in [2.24, 2.45) is 11.8 Å². The Kier molecular flexibility index (Phi) is 6.20. The van der Waals surface area contributed by atoms with Crippen LogP contribution in [-0.2, 0) is 9.59 Å². The molecule has 1 aromatic rings. The second-order valence-corrected chi connectivity index (χ2v) is 8.16. The van der Waals surface area contributed by atoms with Crippen molar-refractivity contribution < 1.29 is 9.59 Å². The number of carbonyl (C=O) groups is 2. The molecule has 142 valence electrons. The molecule has 2 aliphatic rings. The highest BCUT2D eigenvalue weighted by Gasteiger charge is 2.35. The van der Waals surface area contributed by atoms with E-state index in [1.54, 1.807) is 17.0 Å². The molecule has 0 radical (unpaired) electrons. The summed E-state index contributed by atoms with van der Waals surface area (Å²) >= 11 is 6.02. The minimum absolute atomic E-state index is 0.0229. The van der Waals surface area contributed by atoms with Crippen LogP contribution in [0, 0.1) is 11.8 Å². The van der Waals surface area contributed by atoms with Gasteiger partial charge >= 0.3 is 0 Å². The summed E-state index contributed by atoms with van der Waals surface area (Å²) in [5.41, 5.74) is 0.758. The number of halogens is 1. The van der Waals surface area contributed by atoms with Gasteiger partial charge in [0.2, 0.25) is 11.8 Å². The smallest absolute Gasteiger partial charge is 0.227 e. The molecular formula is C20H28ClN3O2. The van der Waals surface area contributed by atoms with Crippen LogP contribution in [0.15, 0.2) is 24.3 Å². The standard InChI is InChI=1S/C20H28ClN3O2/c1-14-5-4-8-23(12-14)15(2)11-22-20(26)16-9-19(25)24(13-16)18-7-3-6-17(21)10-18/h3,6-7,10,14-16H,4-5,8-9,11-13H2,1-2H3,(H,22,26)/t14-,15+,16-/m1/s1. The molecule has 2 fully saturated rings. The van der Waals surface area contributed by atoms with Gasteiger partial charge in [-0.25, -0.2) is 0 Å². The Morgan fingerprint density at radius 2 is 2.19 bits per heavy atom. The predicted molar refractivity (Wildman–Crippen MR) is 104 cm³/mol. The fraction of sp³-hybridized carbons (Fsp3) is 0.600. The summed E-state index contributed by atoms with van der Waals surface area (Å²) in [4.78, 5) is 29.0. The number of benzene rings is 1. The lowest BCUT2D eigenvalue weighted by Crippen LogP contribution is -2.47. The van der Waals surface area contributed by atoms with Gasteiger partial charge in [-0.3, -0.25) is 14.5 Å². The zero-order chi connectivity index (χ0) is 18.7. The van der Waals surface area contributed by atoms with Crippen molar-refractivity contribution in [3.63, 3.8) is 0 Å². The summed E-state index contributed by atoms with van der Waals surface area (Å²) in [6.07, 6.45) is 2.78. The van der Waals surface area contributed by atoms with Crippen molar-refractivity contribution in [2.75, 3.05) is 31.1 Å². The summed E-state index contributed by atoms with van der Waals surface area (Å²) < 4.78 is 0. The van der Waals surface area contributed by atoms with E-state index in [-0.39, 0.29) is 24.2 Å². The minimum atomic E-state index is -0.297. The summed E-state index contributed by atoms with van der Waals surface area (Å²) in [5.74, 6) is 0.375. The number of rotatable bonds is 5. The van der Waals surface area contributed by atoms with Gasteiger partial charge in [0.25, 0.3) is 0 Å². The lowest BCUT2D eigenvalue weighted by molar-refractivity contribution is -0.126. The van der Waals surface area contributed by atoms with Gasteiger partial charge in [0.15, 0.2) is 0 Å². The zero-order valence-electron chi connectivity index (χ0n) is 15.6. The highest BCUT2D eigenvalue weighted by atomic mass is 35.5. The number of hydrogen-bond donors (Lipinski definition) is 1. The first-order valence-corrected chi connectivity index (χ1v) is 9.89. The quantitative estimate of drug-likeness (QED) is 0.858. The largest absolute Gasteiger partial charge is 0.354 e. The van der Waals surface area contributed by atoms with Gasteiger partial charge in [0.05, 0.1) is 5.92 Å². The van der Waals surface area contributed by atoms with Crippen LogP contribution in [0.3, 0.4) is 0 Å². The monoisotopic (exact) mass is 377 g/mol. The lowest BCUT2D eigenvalue weighted by Gasteiger charge is -2.35. The highest BCUT2D eigenvalue weighted by molar-refractivity contribution is 6.30. The molecule has 1 N–H and O–H groups in total. The van der Waals surface area contributed by atoms with Gasteiger partial charge in [0.1, 0.15) is 0 Å². The Morgan fingerprint density at radius 3 is 2.92 bits per heavy atom. The molecule has 5 nitrogen and oxygen atoms in total. The Morgan fingerprint density at radius 1 is 1.38 bits per heavy atom. The van der Waals surface area contributed by atoms with Gasteiger partial charge in [-0.15, -0.1) is 0 Å². The molecule has 0 aromatic heterocycles. The minimum Gasteiger partial charge on any atom is -0.354 e. The molecule has 3 rings (SSSR count). The maximum atomic E-state index is 12.6. The Hall–Kier alpha value is -1.59. The van der Waals surface area contributed by atoms with E-state index in [2.05, 4.69) is 24.1 Å². The lowest BCUT2D eigenvalue weighted by atomic mass is 9.99. The number of hydrogen-bond acceptors (Lipinski definition) is 3. The molecule has 2 saturated heterocycles. The van der Waals surface area contributed by atoms with E-state index in [4.69, 9.17) is 11.6 Å². The van der Waals surface area contributed by atoms with Crippen LogP contribution in [0.4, 0.5) is 5.69 Å². The van der Waals surface area contributed by atoms with Crippen molar-refractivity contribution in [1.29, 1.82) is 0 Å². The van der Waals surface area contributed by atoms with Gasteiger partial charge in [-0.05, 0) is 50.4 Å². The molecule has 0 aliphatic carbocycles. The fourth-order valence-electron chi connectivity index (χ4n) is 3.92. The molecule has 0 unspecified atom stereocenters. The van der Waals surface area contributed by atoms with E-state index >= 15 is 0 Å². The number of nitrogens with zero attached hydrogens (tertiary/aromatic N) is 2. The fourth-order valence-corrected chi connectivity index (χ4v) is 4.11. The van der Waals surface area contributed by atoms with Gasteiger partial charge in [-0.2, -0.15) is 0 Å². The van der Waals surface area contributed by atoms with Crippen LogP contribution in [0.2, 0.25) is 5.02 Å². The van der Waals surface area contributed by atoms with Crippen molar-refractivity contribution in [3.05, 3.63) is 29.3 Å². The van der Waals surface area contributed by atoms with Crippen LogP contribution in [-0.4, -0.2) is 48.9 Å². The van der Waals surface area contributed by atoms with Crippen LogP contribution < -0.4 is 10.2 Å². The van der Waals surface area contributed by atoms with E-state index in [1.807, 2.05) is 12.1 Å². The maximum Gasteiger partial charge on any atom is 0.227 e. The summed E-state index contributed by atoms with van der Waals surface area (Å²) in [6, 6.07) is 7.53. The number of piperidine rings is 1. The van der Waals surface area contributed by atoms with E-state index in [0.717, 1.165) is 24.7 Å². The van der Waals surface area contributed by atoms with Crippen LogP contribution >= 0.6 is 11.6 Å². The zero-order valence-corrected chi connectivity index (χ0v) is 16.3. The summed E-state index contributed by atoms with van der Waals surface area (Å²) in [6.45, 7) is 7.70. The molecule has 2 aliphatic heterocycles. The number of likely N-dealkylation sites (tertiary alicyclic amines) is 1. The Balaban J connectivity index is 1.51. The first-order valence-electron chi connectivity index (χ1n) is 9.51. The first-order chi connectivity index (χ1) is 12.4. The molecule has 0 spiro atoms. The van der Waals surface area contributed by atoms with Crippen molar-refractivity contribution >= 4 is 29.1 Å². The normalized spacial score (nSPS) is 25.3. The van der Waals surface area contributed by atoms with Crippen molar-refractivity contribution in [2.45, 2.75) is 39.2 Å². The predicted octanol–water partition coefficient (Wildman–Crippen LogP) is 2.93. The van der Waals surface area contributed by atoms with Gasteiger partial charge < -0.3 is 10.2 Å². The third-order valence-electron chi connectivity index (χ3n) is 5.50. The second kappa shape index (κ2) is 8.40. The van der Waals surface area contributed by atoms with E-state index in [9.17, 15) is 9.59 Å². The maximum absolute atomic E-state index is 12.6. The molecule has 0 saturated carbocycles. The van der Waals surface area contributed by atoms with E-state index in [0.29, 0.717) is 24.2 Å². The average molecular weight is 378 g/mol. The molecule has 6 heteroatoms. The van der Waals surface area contributed by atoms with Crippen LogP contribution in [0.25, 0.3) is 0 Å². The van der Waals surface area contributed by atoms with E-state index < -0.39 is 0 Å². The number of carbonyl (C=O) groups excluding carboxylic acids is 2. The third kappa shape index (κ3) is 4.57. The topological polar surface area (TPSA) is 52.7 Å². The van der Waals surface area contributed by atoms with E-state index in [1.165, 1.54) is 12.8 Å². The number of anilines is 1. The highest BCUT2D eigenvalue weighted by Crippen LogP contribution is 2.27. The first kappa shape index (κ1) is 19.2. The molecule has 0 bridgehead atoms. The summed E-state index contributed by atoms with van der Waals surface area (Å²) in [7, 11) is 0. The Labute approximate surface area is 160 Å². The van der Waals surface area contributed by atoms with Crippen LogP contribution in [0.5, 0.6) is 0 Å². The van der Waals surface area contributed by atoms with Crippen LogP contribution in [0.1, 0.15) is 33.1 Å². The second-order valence-electron chi connectivity index (χ2n) is 7.72. The molecule has 2 heterocycles. The third-order valence-corrected chi connectivity index (χ3v) is 5.73. The van der Waals surface area contributed by atoms with Crippen molar-refractivity contribution in [3.8, 4) is 0 Å². The Bertz CT molecular complexity index is 666. The molecule has 26 heavy (non-hydrogen) atoms. The average Bonchev–Trinajstić information content (AvgIpc) is 3.01. The van der Waals surface area contributed by atoms with Gasteiger partial charge in [-0.1, -0.05) is 24.6 Å². The van der Waals surface area contributed by atoms with Crippen molar-refractivity contribution in [1.82, 2.24) is 10.2 Å². The SMILES string of the molecule is C[C@@H]1CCCN([C@@H](C)CNC(=O)[C@@H]2CC(=O)N(c3cccc(Cl)c3)C2)C1. The molecule has 2 amide bonds. The van der Waals surface area contributed by atoms with Gasteiger partial charge in [0, 0.05) is 42.8 Å². The summed E-state index contributed by atoms with van der Waals surface area (Å²) in [5, 5.41) is 3.65. The molecular weight excluding hydrogens is 350 g/mol.